The van der Waals surface area contributed by atoms with Crippen LogP contribution in [0.15, 0.2) is 83.7 Å². The summed E-state index contributed by atoms with van der Waals surface area (Å²) in [5, 5.41) is 4.22. The van der Waals surface area contributed by atoms with Crippen molar-refractivity contribution in [3.8, 4) is 5.75 Å². The Morgan fingerprint density at radius 2 is 1.55 bits per heavy atom. The van der Waals surface area contributed by atoms with Crippen LogP contribution in [0.25, 0.3) is 10.9 Å². The highest BCUT2D eigenvalue weighted by Crippen LogP contribution is 2.26. The number of aromatic amines is 1. The predicted molar refractivity (Wildman–Crippen MR) is 115 cm³/mol. The molecule has 0 saturated heterocycles. The summed E-state index contributed by atoms with van der Waals surface area (Å²) in [6.45, 7) is 2.01. The maximum Gasteiger partial charge on any atom is 0.258 e. The van der Waals surface area contributed by atoms with Gasteiger partial charge in [-0.2, -0.15) is 0 Å². The molecule has 0 aliphatic carbocycles. The average molecular weight is 385 g/mol. The van der Waals surface area contributed by atoms with Gasteiger partial charge in [0.15, 0.2) is 0 Å². The van der Waals surface area contributed by atoms with Crippen LogP contribution < -0.4 is 15.6 Å². The van der Waals surface area contributed by atoms with Crippen molar-refractivity contribution < 1.29 is 4.74 Å². The second-order valence-corrected chi connectivity index (χ2v) is 6.97. The van der Waals surface area contributed by atoms with Gasteiger partial charge in [0.2, 0.25) is 0 Å². The van der Waals surface area contributed by atoms with E-state index in [2.05, 4.69) is 27.4 Å². The number of fused-ring (bicyclic) bond motifs is 1. The van der Waals surface area contributed by atoms with Gasteiger partial charge >= 0.3 is 0 Å². The zero-order chi connectivity index (χ0) is 20.2. The summed E-state index contributed by atoms with van der Waals surface area (Å²) in [6, 6.07) is 25.4. The van der Waals surface area contributed by atoms with Crippen molar-refractivity contribution in [2.24, 2.45) is 0 Å². The monoisotopic (exact) mass is 385 g/mol. The van der Waals surface area contributed by atoms with E-state index in [1.54, 1.807) is 13.2 Å². The van der Waals surface area contributed by atoms with Gasteiger partial charge in [-0.15, -0.1) is 0 Å². The first kappa shape index (κ1) is 18.9. The van der Waals surface area contributed by atoms with Gasteiger partial charge in [0.25, 0.3) is 5.56 Å². The number of benzene rings is 3. The van der Waals surface area contributed by atoms with Crippen molar-refractivity contribution in [1.29, 1.82) is 0 Å². The molecule has 4 rings (SSSR count). The first-order valence-corrected chi connectivity index (χ1v) is 9.59. The summed E-state index contributed by atoms with van der Waals surface area (Å²) in [6.07, 6.45) is 0. The number of para-hydroxylation sites is 1. The molecule has 0 bridgehead atoms. The van der Waals surface area contributed by atoms with Gasteiger partial charge in [-0.3, -0.25) is 10.1 Å². The number of nitrogens with zero attached hydrogens (tertiary/aromatic N) is 1. The fourth-order valence-corrected chi connectivity index (χ4v) is 3.47. The molecule has 3 aromatic carbocycles. The summed E-state index contributed by atoms with van der Waals surface area (Å²) in [4.78, 5) is 20.1. The van der Waals surface area contributed by atoms with Gasteiger partial charge in [-0.25, -0.2) is 4.98 Å². The van der Waals surface area contributed by atoms with Crippen LogP contribution in [-0.2, 0) is 0 Å². The van der Waals surface area contributed by atoms with E-state index in [-0.39, 0.29) is 17.6 Å². The summed E-state index contributed by atoms with van der Waals surface area (Å²) in [7, 11) is 1.66. The van der Waals surface area contributed by atoms with Crippen LogP contribution in [0.1, 0.15) is 36.0 Å². The van der Waals surface area contributed by atoms with Gasteiger partial charge < -0.3 is 9.72 Å². The molecule has 0 aliphatic rings. The minimum Gasteiger partial charge on any atom is -0.497 e. The molecule has 146 valence electrons. The second kappa shape index (κ2) is 8.29. The lowest BCUT2D eigenvalue weighted by Crippen LogP contribution is -2.28. The smallest absolute Gasteiger partial charge is 0.258 e. The first-order chi connectivity index (χ1) is 14.2. The summed E-state index contributed by atoms with van der Waals surface area (Å²) < 4.78 is 5.29. The molecule has 0 spiro atoms. The maximum atomic E-state index is 12.5. The van der Waals surface area contributed by atoms with Crippen molar-refractivity contribution >= 4 is 10.9 Å². The molecule has 0 radical (unpaired) electrons. The van der Waals surface area contributed by atoms with Crippen LogP contribution in [0.2, 0.25) is 0 Å². The van der Waals surface area contributed by atoms with Crippen LogP contribution in [0, 0.1) is 0 Å². The predicted octanol–water partition coefficient (Wildman–Crippen LogP) is 4.37. The SMILES string of the molecule is COc1ccc([C@H](N[C@H](C)c2nc3ccccc3c(=O)[nH]2)c2ccccc2)cc1. The Bertz CT molecular complexity index is 1150. The van der Waals surface area contributed by atoms with Crippen molar-refractivity contribution in [2.45, 2.75) is 19.0 Å². The first-order valence-electron chi connectivity index (χ1n) is 9.59. The van der Waals surface area contributed by atoms with E-state index in [9.17, 15) is 4.79 Å². The zero-order valence-electron chi connectivity index (χ0n) is 16.4. The molecule has 0 aliphatic heterocycles. The second-order valence-electron chi connectivity index (χ2n) is 6.97. The Morgan fingerprint density at radius 1 is 0.897 bits per heavy atom. The molecule has 0 amide bonds. The Balaban J connectivity index is 1.69. The molecule has 0 unspecified atom stereocenters. The maximum absolute atomic E-state index is 12.5. The fraction of sp³-hybridized carbons (Fsp3) is 0.167. The largest absolute Gasteiger partial charge is 0.497 e. The van der Waals surface area contributed by atoms with Crippen molar-refractivity contribution in [3.63, 3.8) is 0 Å². The molecule has 29 heavy (non-hydrogen) atoms. The third-order valence-electron chi connectivity index (χ3n) is 5.04. The molecule has 2 N–H and O–H groups in total. The summed E-state index contributed by atoms with van der Waals surface area (Å²) in [5.41, 5.74) is 2.81. The lowest BCUT2D eigenvalue weighted by Gasteiger charge is -2.24. The molecule has 0 fully saturated rings. The van der Waals surface area contributed by atoms with E-state index in [0.29, 0.717) is 16.7 Å². The molecule has 1 heterocycles. The highest BCUT2D eigenvalue weighted by molar-refractivity contribution is 5.77. The molecular formula is C24H23N3O2. The van der Waals surface area contributed by atoms with Gasteiger partial charge in [0.1, 0.15) is 11.6 Å². The number of methoxy groups -OCH3 is 1. The molecule has 0 saturated carbocycles. The fourth-order valence-electron chi connectivity index (χ4n) is 3.47. The van der Waals surface area contributed by atoms with Crippen LogP contribution in [0.5, 0.6) is 5.75 Å². The van der Waals surface area contributed by atoms with Crippen LogP contribution in [0.4, 0.5) is 0 Å². The number of H-pyrrole nitrogens is 1. The van der Waals surface area contributed by atoms with Crippen LogP contribution in [0.3, 0.4) is 0 Å². The quantitative estimate of drug-likeness (QED) is 0.517. The van der Waals surface area contributed by atoms with E-state index >= 15 is 0 Å². The number of nitrogens with one attached hydrogen (secondary N) is 2. The lowest BCUT2D eigenvalue weighted by molar-refractivity contribution is 0.414. The van der Waals surface area contributed by atoms with Crippen molar-refractivity contribution in [2.75, 3.05) is 7.11 Å². The minimum atomic E-state index is -0.167. The molecule has 2 atom stereocenters. The number of hydrogen-bond acceptors (Lipinski definition) is 4. The normalized spacial score (nSPS) is 13.2. The molecule has 1 aromatic heterocycles. The average Bonchev–Trinajstić information content (AvgIpc) is 2.78. The Labute approximate surface area is 169 Å². The molecule has 5 heteroatoms. The Kier molecular flexibility index (Phi) is 5.40. The van der Waals surface area contributed by atoms with E-state index in [4.69, 9.17) is 4.74 Å². The van der Waals surface area contributed by atoms with E-state index in [0.717, 1.165) is 16.9 Å². The summed E-state index contributed by atoms with van der Waals surface area (Å²) >= 11 is 0. The highest BCUT2D eigenvalue weighted by Gasteiger charge is 2.19. The zero-order valence-corrected chi connectivity index (χ0v) is 16.4. The standard InChI is InChI=1S/C24H23N3O2/c1-16(23-26-21-11-7-6-10-20(21)24(28)27-23)25-22(17-8-4-3-5-9-17)18-12-14-19(29-2)15-13-18/h3-16,22,25H,1-2H3,(H,26,27,28)/t16-,22-/m1/s1. The molecule has 5 nitrogen and oxygen atoms in total. The van der Waals surface area contributed by atoms with Gasteiger partial charge in [-0.05, 0) is 42.3 Å². The third kappa shape index (κ3) is 4.05. The number of rotatable bonds is 6. The topological polar surface area (TPSA) is 67.0 Å². The number of aromatic nitrogens is 2. The van der Waals surface area contributed by atoms with Crippen LogP contribution in [-0.4, -0.2) is 17.1 Å². The molecule has 4 aromatic rings. The Hall–Kier alpha value is -3.44. The van der Waals surface area contributed by atoms with Crippen molar-refractivity contribution in [3.05, 3.63) is 106 Å². The lowest BCUT2D eigenvalue weighted by atomic mass is 9.97. The number of hydrogen-bond donors (Lipinski definition) is 2. The van der Waals surface area contributed by atoms with Crippen LogP contribution >= 0.6 is 0 Å². The Morgan fingerprint density at radius 3 is 2.28 bits per heavy atom. The molecular weight excluding hydrogens is 362 g/mol. The van der Waals surface area contributed by atoms with E-state index < -0.39 is 0 Å². The number of ether oxygens (including phenoxy) is 1. The van der Waals surface area contributed by atoms with E-state index in [1.165, 1.54) is 0 Å². The third-order valence-corrected chi connectivity index (χ3v) is 5.04. The van der Waals surface area contributed by atoms with Gasteiger partial charge in [0.05, 0.1) is 30.1 Å². The minimum absolute atomic E-state index is 0.0612. The van der Waals surface area contributed by atoms with Crippen molar-refractivity contribution in [1.82, 2.24) is 15.3 Å². The van der Waals surface area contributed by atoms with Gasteiger partial charge in [0, 0.05) is 0 Å². The van der Waals surface area contributed by atoms with E-state index in [1.807, 2.05) is 67.6 Å². The highest BCUT2D eigenvalue weighted by atomic mass is 16.5. The van der Waals surface area contributed by atoms with Gasteiger partial charge in [-0.1, -0.05) is 54.6 Å². The summed E-state index contributed by atoms with van der Waals surface area (Å²) in [5.74, 6) is 1.43.